The Bertz CT molecular complexity index is 471. The van der Waals surface area contributed by atoms with Gasteiger partial charge in [0.05, 0.1) is 24.9 Å². The Labute approximate surface area is 121 Å². The highest BCUT2D eigenvalue weighted by Crippen LogP contribution is 2.36. The van der Waals surface area contributed by atoms with Crippen LogP contribution in [0.1, 0.15) is 39.4 Å². The van der Waals surface area contributed by atoms with Gasteiger partial charge in [-0.3, -0.25) is 0 Å². The molecule has 0 radical (unpaired) electrons. The second-order valence-corrected chi connectivity index (χ2v) is 6.14. The number of hydrogen-bond acceptors (Lipinski definition) is 4. The first kappa shape index (κ1) is 15.1. The maximum Gasteiger partial charge on any atom is 0.126 e. The van der Waals surface area contributed by atoms with Gasteiger partial charge in [0.1, 0.15) is 5.75 Å². The van der Waals surface area contributed by atoms with E-state index >= 15 is 0 Å². The fourth-order valence-corrected chi connectivity index (χ4v) is 3.04. The zero-order valence-electron chi connectivity index (χ0n) is 13.0. The molecule has 0 amide bonds. The Morgan fingerprint density at radius 3 is 2.70 bits per heavy atom. The summed E-state index contributed by atoms with van der Waals surface area (Å²) in [6.45, 7) is 9.66. The molecule has 0 aromatic heterocycles. The minimum absolute atomic E-state index is 0.159. The second-order valence-electron chi connectivity index (χ2n) is 6.14. The van der Waals surface area contributed by atoms with Gasteiger partial charge in [0.25, 0.3) is 0 Å². The van der Waals surface area contributed by atoms with Crippen LogP contribution in [0.3, 0.4) is 0 Å². The number of ether oxygens (including phenoxy) is 2. The van der Waals surface area contributed by atoms with E-state index in [1.165, 1.54) is 0 Å². The summed E-state index contributed by atoms with van der Waals surface area (Å²) < 4.78 is 11.3. The molecule has 1 aliphatic heterocycles. The predicted molar refractivity (Wildman–Crippen MR) is 80.5 cm³/mol. The highest BCUT2D eigenvalue weighted by Gasteiger charge is 2.33. The Hall–Kier alpha value is -1.26. The van der Waals surface area contributed by atoms with E-state index in [1.54, 1.807) is 14.0 Å². The second kappa shape index (κ2) is 5.62. The largest absolute Gasteiger partial charge is 0.496 e. The molecular formula is C16H25NO3. The first-order chi connectivity index (χ1) is 9.34. The third kappa shape index (κ3) is 3.07. The summed E-state index contributed by atoms with van der Waals surface area (Å²) >= 11 is 0. The van der Waals surface area contributed by atoms with Crippen LogP contribution in [0.25, 0.3) is 0 Å². The zero-order valence-corrected chi connectivity index (χ0v) is 13.0. The molecule has 1 N–H and O–H groups in total. The van der Waals surface area contributed by atoms with Crippen LogP contribution in [0.2, 0.25) is 0 Å². The standard InChI is InChI=1S/C16H25NO3/c1-11-9-17(10-16(3,4)20-11)13-7-6-8-14(19-5)15(13)12(2)18/h6-8,11-12,18H,9-10H2,1-5H3. The van der Waals surface area contributed by atoms with Crippen molar-refractivity contribution in [3.05, 3.63) is 23.8 Å². The van der Waals surface area contributed by atoms with Crippen LogP contribution in [0, 0.1) is 0 Å². The maximum atomic E-state index is 10.1. The third-order valence-electron chi connectivity index (χ3n) is 3.59. The fourth-order valence-electron chi connectivity index (χ4n) is 3.04. The van der Waals surface area contributed by atoms with Crippen LogP contribution in [-0.4, -0.2) is 37.0 Å². The molecule has 4 heteroatoms. The number of nitrogens with zero attached hydrogens (tertiary/aromatic N) is 1. The molecule has 0 bridgehead atoms. The van der Waals surface area contributed by atoms with Gasteiger partial charge in [-0.15, -0.1) is 0 Å². The predicted octanol–water partition coefficient (Wildman–Crippen LogP) is 2.75. The lowest BCUT2D eigenvalue weighted by molar-refractivity contribution is -0.0750. The Morgan fingerprint density at radius 1 is 1.45 bits per heavy atom. The quantitative estimate of drug-likeness (QED) is 0.924. The SMILES string of the molecule is COc1cccc(N2CC(C)OC(C)(C)C2)c1C(C)O. The molecule has 0 spiro atoms. The van der Waals surface area contributed by atoms with Gasteiger partial charge in [-0.05, 0) is 39.8 Å². The van der Waals surface area contributed by atoms with Gasteiger partial charge in [0.15, 0.2) is 0 Å². The summed E-state index contributed by atoms with van der Waals surface area (Å²) in [5.41, 5.74) is 1.68. The van der Waals surface area contributed by atoms with E-state index < -0.39 is 6.10 Å². The first-order valence-corrected chi connectivity index (χ1v) is 7.12. The van der Waals surface area contributed by atoms with Gasteiger partial charge in [-0.2, -0.15) is 0 Å². The summed E-state index contributed by atoms with van der Waals surface area (Å²) in [5.74, 6) is 0.731. The summed E-state index contributed by atoms with van der Waals surface area (Å²) in [4.78, 5) is 2.28. The van der Waals surface area contributed by atoms with E-state index in [2.05, 4.69) is 25.7 Å². The Morgan fingerprint density at radius 2 is 2.15 bits per heavy atom. The number of methoxy groups -OCH3 is 1. The molecule has 0 aliphatic carbocycles. The molecule has 2 atom stereocenters. The maximum absolute atomic E-state index is 10.1. The normalized spacial score (nSPS) is 23.5. The highest BCUT2D eigenvalue weighted by molar-refractivity contribution is 5.61. The molecule has 4 nitrogen and oxygen atoms in total. The number of aliphatic hydroxyl groups is 1. The monoisotopic (exact) mass is 279 g/mol. The molecule has 1 saturated heterocycles. The van der Waals surface area contributed by atoms with E-state index in [-0.39, 0.29) is 11.7 Å². The molecule has 2 rings (SSSR count). The third-order valence-corrected chi connectivity index (χ3v) is 3.59. The van der Waals surface area contributed by atoms with Gasteiger partial charge in [-0.1, -0.05) is 6.07 Å². The van der Waals surface area contributed by atoms with E-state index in [4.69, 9.17) is 9.47 Å². The summed E-state index contributed by atoms with van der Waals surface area (Å²) in [6.07, 6.45) is -0.408. The highest BCUT2D eigenvalue weighted by atomic mass is 16.5. The number of rotatable bonds is 3. The molecule has 1 aromatic carbocycles. The lowest BCUT2D eigenvalue weighted by Crippen LogP contribution is -2.52. The van der Waals surface area contributed by atoms with Crippen LogP contribution >= 0.6 is 0 Å². The van der Waals surface area contributed by atoms with Crippen molar-refractivity contribution in [3.8, 4) is 5.75 Å². The Kier molecular flexibility index (Phi) is 4.25. The number of anilines is 1. The number of hydrogen-bond donors (Lipinski definition) is 1. The lowest BCUT2D eigenvalue weighted by atomic mass is 10.0. The number of morpholine rings is 1. The molecule has 20 heavy (non-hydrogen) atoms. The van der Waals surface area contributed by atoms with E-state index in [9.17, 15) is 5.11 Å². The average Bonchev–Trinajstić information content (AvgIpc) is 2.35. The molecule has 1 aliphatic rings. The molecule has 1 fully saturated rings. The van der Waals surface area contributed by atoms with Crippen molar-refractivity contribution < 1.29 is 14.6 Å². The van der Waals surface area contributed by atoms with Crippen molar-refractivity contribution >= 4 is 5.69 Å². The van der Waals surface area contributed by atoms with Crippen LogP contribution in [0.15, 0.2) is 18.2 Å². The van der Waals surface area contributed by atoms with Crippen molar-refractivity contribution in [2.45, 2.75) is 45.5 Å². The van der Waals surface area contributed by atoms with Crippen molar-refractivity contribution in [1.29, 1.82) is 0 Å². The molecule has 2 unspecified atom stereocenters. The van der Waals surface area contributed by atoms with Gasteiger partial charge >= 0.3 is 0 Å². The summed E-state index contributed by atoms with van der Waals surface area (Å²) in [7, 11) is 1.64. The topological polar surface area (TPSA) is 41.9 Å². The molecule has 0 saturated carbocycles. The first-order valence-electron chi connectivity index (χ1n) is 7.12. The number of aliphatic hydroxyl groups excluding tert-OH is 1. The van der Waals surface area contributed by atoms with Gasteiger partial charge < -0.3 is 19.5 Å². The van der Waals surface area contributed by atoms with Gasteiger partial charge in [0, 0.05) is 24.3 Å². The number of benzene rings is 1. The van der Waals surface area contributed by atoms with Crippen LogP contribution in [0.4, 0.5) is 5.69 Å². The smallest absolute Gasteiger partial charge is 0.126 e. The zero-order chi connectivity index (χ0) is 14.9. The summed E-state index contributed by atoms with van der Waals surface area (Å²) in [5, 5.41) is 10.1. The van der Waals surface area contributed by atoms with Gasteiger partial charge in [-0.25, -0.2) is 0 Å². The fraction of sp³-hybridized carbons (Fsp3) is 0.625. The molecule has 112 valence electrons. The Balaban J connectivity index is 2.41. The molecule has 1 heterocycles. The van der Waals surface area contributed by atoms with Crippen LogP contribution in [-0.2, 0) is 4.74 Å². The molecule has 1 aromatic rings. The van der Waals surface area contributed by atoms with Crippen molar-refractivity contribution in [2.75, 3.05) is 25.1 Å². The lowest BCUT2D eigenvalue weighted by Gasteiger charge is -2.43. The van der Waals surface area contributed by atoms with E-state index in [1.807, 2.05) is 18.2 Å². The minimum Gasteiger partial charge on any atom is -0.496 e. The van der Waals surface area contributed by atoms with Gasteiger partial charge in [0.2, 0.25) is 0 Å². The van der Waals surface area contributed by atoms with Crippen molar-refractivity contribution in [3.63, 3.8) is 0 Å². The van der Waals surface area contributed by atoms with Crippen molar-refractivity contribution in [2.24, 2.45) is 0 Å². The van der Waals surface area contributed by atoms with Crippen LogP contribution < -0.4 is 9.64 Å². The van der Waals surface area contributed by atoms with Crippen LogP contribution in [0.5, 0.6) is 5.75 Å². The van der Waals surface area contributed by atoms with Crippen molar-refractivity contribution in [1.82, 2.24) is 0 Å². The summed E-state index contributed by atoms with van der Waals surface area (Å²) in [6, 6.07) is 5.90. The van der Waals surface area contributed by atoms with E-state index in [0.717, 1.165) is 30.1 Å². The average molecular weight is 279 g/mol. The van der Waals surface area contributed by atoms with E-state index in [0.29, 0.717) is 0 Å². The molecular weight excluding hydrogens is 254 g/mol. The minimum atomic E-state index is -0.567.